The van der Waals surface area contributed by atoms with Crippen LogP contribution >= 0.6 is 0 Å². The quantitative estimate of drug-likeness (QED) is 0.603. The molecule has 140 valence electrons. The van der Waals surface area contributed by atoms with Crippen molar-refractivity contribution >= 4 is 0 Å². The number of hydrogen-bond donors (Lipinski definition) is 0. The first-order chi connectivity index (χ1) is 11.6. The second kappa shape index (κ2) is 10.5. The molecule has 0 bridgehead atoms. The van der Waals surface area contributed by atoms with Gasteiger partial charge in [0.25, 0.3) is 0 Å². The van der Waals surface area contributed by atoms with Crippen LogP contribution in [0.1, 0.15) is 38.5 Å². The van der Waals surface area contributed by atoms with E-state index in [2.05, 4.69) is 36.0 Å². The first kappa shape index (κ1) is 19.9. The van der Waals surface area contributed by atoms with E-state index in [-0.39, 0.29) is 0 Å². The number of hydrogen-bond acceptors (Lipinski definition) is 4. The van der Waals surface area contributed by atoms with Crippen LogP contribution < -0.4 is 0 Å². The Labute approximate surface area is 149 Å². The minimum absolute atomic E-state index is 0.290. The van der Waals surface area contributed by atoms with Crippen molar-refractivity contribution in [3.63, 3.8) is 0 Å². The van der Waals surface area contributed by atoms with Gasteiger partial charge in [-0.3, -0.25) is 0 Å². The van der Waals surface area contributed by atoms with E-state index < -0.39 is 0 Å². The zero-order chi connectivity index (χ0) is 17.4. The average Bonchev–Trinajstić information content (AvgIpc) is 2.60. The molecule has 4 unspecified atom stereocenters. The summed E-state index contributed by atoms with van der Waals surface area (Å²) in [5.74, 6) is 1.41. The van der Waals surface area contributed by atoms with Gasteiger partial charge >= 0.3 is 0 Å². The van der Waals surface area contributed by atoms with Crippen LogP contribution in [0.3, 0.4) is 0 Å². The third-order valence-electron chi connectivity index (χ3n) is 5.71. The monoisotopic (exact) mass is 338 g/mol. The molecule has 2 aliphatic rings. The van der Waals surface area contributed by atoms with E-state index in [4.69, 9.17) is 9.47 Å². The molecule has 2 rings (SSSR count). The van der Waals surface area contributed by atoms with Crippen molar-refractivity contribution in [1.82, 2.24) is 9.80 Å². The van der Waals surface area contributed by atoms with Gasteiger partial charge in [-0.25, -0.2) is 0 Å². The number of likely N-dealkylation sites (N-methyl/N-ethyl adjacent to an activating group) is 1. The highest BCUT2D eigenvalue weighted by atomic mass is 16.5. The van der Waals surface area contributed by atoms with Crippen LogP contribution in [0.25, 0.3) is 0 Å². The van der Waals surface area contributed by atoms with E-state index in [9.17, 15) is 0 Å². The van der Waals surface area contributed by atoms with Crippen molar-refractivity contribution in [2.75, 3.05) is 54.5 Å². The van der Waals surface area contributed by atoms with Gasteiger partial charge in [0, 0.05) is 46.3 Å². The molecule has 0 N–H and O–H groups in total. The predicted octanol–water partition coefficient (Wildman–Crippen LogP) is 3.04. The van der Waals surface area contributed by atoms with Crippen molar-refractivity contribution in [1.29, 1.82) is 0 Å². The zero-order valence-electron chi connectivity index (χ0n) is 16.2. The molecule has 4 heteroatoms. The zero-order valence-corrected chi connectivity index (χ0v) is 16.2. The van der Waals surface area contributed by atoms with Crippen molar-refractivity contribution in [3.8, 4) is 0 Å². The maximum atomic E-state index is 5.71. The Morgan fingerprint density at radius 3 is 2.54 bits per heavy atom. The van der Waals surface area contributed by atoms with Gasteiger partial charge in [-0.15, -0.1) is 0 Å². The van der Waals surface area contributed by atoms with E-state index in [1.54, 1.807) is 0 Å². The first-order valence-corrected chi connectivity index (χ1v) is 9.71. The van der Waals surface area contributed by atoms with Crippen LogP contribution in [0, 0.1) is 11.8 Å². The Morgan fingerprint density at radius 1 is 1.00 bits per heavy atom. The number of methoxy groups -OCH3 is 2. The Bertz CT molecular complexity index is 373. The molecule has 0 aromatic carbocycles. The molecule has 0 amide bonds. The SMILES string of the molecule is COC1CCCC(CN(CCN(C)C)CC2CCC=CC2OC)C1. The number of nitrogens with zero attached hydrogens (tertiary/aromatic N) is 2. The Balaban J connectivity index is 1.92. The summed E-state index contributed by atoms with van der Waals surface area (Å²) in [6, 6.07) is 0. The molecule has 24 heavy (non-hydrogen) atoms. The standard InChI is InChI=1S/C20H38N2O2/c1-21(2)12-13-22(15-17-8-7-10-19(14-17)23-3)16-18-9-5-6-11-20(18)24-4/h6,11,17-20H,5,7-10,12-16H2,1-4H3. The average molecular weight is 339 g/mol. The maximum Gasteiger partial charge on any atom is 0.0792 e. The lowest BCUT2D eigenvalue weighted by atomic mass is 9.86. The number of allylic oxidation sites excluding steroid dienone is 1. The molecule has 4 nitrogen and oxygen atoms in total. The summed E-state index contributed by atoms with van der Waals surface area (Å²) in [6.07, 6.45) is 12.9. The van der Waals surface area contributed by atoms with E-state index in [0.29, 0.717) is 18.1 Å². The fourth-order valence-corrected chi connectivity index (χ4v) is 4.25. The summed E-state index contributed by atoms with van der Waals surface area (Å²) in [5.41, 5.74) is 0. The highest BCUT2D eigenvalue weighted by Gasteiger charge is 2.27. The summed E-state index contributed by atoms with van der Waals surface area (Å²) in [4.78, 5) is 4.99. The molecule has 0 radical (unpaired) electrons. The molecule has 0 aromatic rings. The molecule has 0 aromatic heterocycles. The second-order valence-electron chi connectivity index (χ2n) is 7.92. The molecule has 1 saturated carbocycles. The van der Waals surface area contributed by atoms with Crippen molar-refractivity contribution in [2.45, 2.75) is 50.7 Å². The summed E-state index contributed by atoms with van der Waals surface area (Å²) in [5, 5.41) is 0. The van der Waals surface area contributed by atoms with E-state index in [0.717, 1.165) is 25.6 Å². The van der Waals surface area contributed by atoms with Crippen LogP contribution in [-0.4, -0.2) is 76.5 Å². The molecule has 0 aliphatic heterocycles. The topological polar surface area (TPSA) is 24.9 Å². The molecule has 2 aliphatic carbocycles. The van der Waals surface area contributed by atoms with Gasteiger partial charge in [-0.05, 0) is 52.1 Å². The van der Waals surface area contributed by atoms with Crippen molar-refractivity contribution < 1.29 is 9.47 Å². The van der Waals surface area contributed by atoms with Gasteiger partial charge in [-0.1, -0.05) is 18.6 Å². The van der Waals surface area contributed by atoms with Crippen LogP contribution in [0.4, 0.5) is 0 Å². The number of ether oxygens (including phenoxy) is 2. The highest BCUT2D eigenvalue weighted by molar-refractivity contribution is 4.99. The molecule has 4 atom stereocenters. The lowest BCUT2D eigenvalue weighted by Crippen LogP contribution is -2.42. The Morgan fingerprint density at radius 2 is 1.83 bits per heavy atom. The molecular formula is C20H38N2O2. The van der Waals surface area contributed by atoms with Crippen molar-refractivity contribution in [2.24, 2.45) is 11.8 Å². The minimum Gasteiger partial charge on any atom is -0.381 e. The van der Waals surface area contributed by atoms with Gasteiger partial charge < -0.3 is 19.3 Å². The summed E-state index contributed by atoms with van der Waals surface area (Å²) in [7, 11) is 8.05. The van der Waals surface area contributed by atoms with Crippen LogP contribution in [-0.2, 0) is 9.47 Å². The normalized spacial score (nSPS) is 31.1. The Kier molecular flexibility index (Phi) is 8.74. The summed E-state index contributed by atoms with van der Waals surface area (Å²) in [6.45, 7) is 4.65. The lowest BCUT2D eigenvalue weighted by Gasteiger charge is -2.37. The van der Waals surface area contributed by atoms with E-state index in [1.165, 1.54) is 45.1 Å². The minimum atomic E-state index is 0.290. The summed E-state index contributed by atoms with van der Waals surface area (Å²) >= 11 is 0. The van der Waals surface area contributed by atoms with Gasteiger partial charge in [0.05, 0.1) is 12.2 Å². The van der Waals surface area contributed by atoms with Crippen molar-refractivity contribution in [3.05, 3.63) is 12.2 Å². The van der Waals surface area contributed by atoms with Crippen LogP contribution in [0.5, 0.6) is 0 Å². The summed E-state index contributed by atoms with van der Waals surface area (Å²) < 4.78 is 11.3. The third kappa shape index (κ3) is 6.47. The molecular weight excluding hydrogens is 300 g/mol. The van der Waals surface area contributed by atoms with Crippen LogP contribution in [0.15, 0.2) is 12.2 Å². The number of rotatable bonds is 9. The van der Waals surface area contributed by atoms with Gasteiger partial charge in [0.15, 0.2) is 0 Å². The largest absolute Gasteiger partial charge is 0.381 e. The van der Waals surface area contributed by atoms with Gasteiger partial charge in [0.1, 0.15) is 0 Å². The molecule has 0 spiro atoms. The molecule has 1 fully saturated rings. The fraction of sp³-hybridized carbons (Fsp3) is 0.900. The van der Waals surface area contributed by atoms with E-state index in [1.807, 2.05) is 14.2 Å². The highest BCUT2D eigenvalue weighted by Crippen LogP contribution is 2.28. The van der Waals surface area contributed by atoms with Gasteiger partial charge in [-0.2, -0.15) is 0 Å². The maximum absolute atomic E-state index is 5.71. The van der Waals surface area contributed by atoms with Crippen LogP contribution in [0.2, 0.25) is 0 Å². The smallest absolute Gasteiger partial charge is 0.0792 e. The Hall–Kier alpha value is -0.420. The van der Waals surface area contributed by atoms with E-state index >= 15 is 0 Å². The van der Waals surface area contributed by atoms with Gasteiger partial charge in [0.2, 0.25) is 0 Å². The fourth-order valence-electron chi connectivity index (χ4n) is 4.25. The molecule has 0 heterocycles. The molecule has 0 saturated heterocycles. The first-order valence-electron chi connectivity index (χ1n) is 9.71. The third-order valence-corrected chi connectivity index (χ3v) is 5.71. The lowest BCUT2D eigenvalue weighted by molar-refractivity contribution is 0.0286. The second-order valence-corrected chi connectivity index (χ2v) is 7.92. The predicted molar refractivity (Wildman–Crippen MR) is 100 cm³/mol.